The topological polar surface area (TPSA) is 37.3 Å². The molecule has 0 spiro atoms. The molecule has 0 fully saturated rings. The van der Waals surface area contributed by atoms with Crippen molar-refractivity contribution in [3.05, 3.63) is 75.8 Å². The van der Waals surface area contributed by atoms with Gasteiger partial charge in [-0.3, -0.25) is 0 Å². The predicted octanol–water partition coefficient (Wildman–Crippen LogP) is 5.09. The van der Waals surface area contributed by atoms with Gasteiger partial charge in [-0.25, -0.2) is 4.79 Å². The Hall–Kier alpha value is -1.77. The molecule has 0 saturated heterocycles. The minimum Gasteiger partial charge on any atom is -0.478 e. The van der Waals surface area contributed by atoms with Crippen molar-refractivity contribution in [2.45, 2.75) is 12.8 Å². The Morgan fingerprint density at radius 3 is 2.43 bits per heavy atom. The van der Waals surface area contributed by atoms with Gasteiger partial charge in [0.2, 0.25) is 0 Å². The maximum absolute atomic E-state index is 11.0. The van der Waals surface area contributed by atoms with Crippen molar-refractivity contribution in [1.82, 2.24) is 0 Å². The molecule has 21 heavy (non-hydrogen) atoms. The summed E-state index contributed by atoms with van der Waals surface area (Å²) < 4.78 is 0. The smallest absolute Gasteiger partial charge is 0.328 e. The average molecular weight is 321 g/mol. The third-order valence-corrected chi connectivity index (χ3v) is 3.71. The molecule has 0 atom stereocenters. The maximum atomic E-state index is 11.0. The van der Waals surface area contributed by atoms with Crippen molar-refractivity contribution < 1.29 is 9.90 Å². The Labute approximate surface area is 133 Å². The Morgan fingerprint density at radius 2 is 1.81 bits per heavy atom. The number of allylic oxidation sites excluding steroid dienone is 1. The Morgan fingerprint density at radius 1 is 1.10 bits per heavy atom. The van der Waals surface area contributed by atoms with Crippen LogP contribution in [0.15, 0.2) is 54.6 Å². The molecule has 2 aromatic rings. The fourth-order valence-corrected chi connectivity index (χ4v) is 2.60. The highest BCUT2D eigenvalue weighted by molar-refractivity contribution is 6.35. The van der Waals surface area contributed by atoms with Gasteiger partial charge >= 0.3 is 5.97 Å². The summed E-state index contributed by atoms with van der Waals surface area (Å²) in [6, 6.07) is 14.8. The SMILES string of the molecule is O=C(O)/C=C(/CCc1ccc(Cl)cc1Cl)c1ccccc1. The molecule has 0 radical (unpaired) electrons. The summed E-state index contributed by atoms with van der Waals surface area (Å²) in [5.41, 5.74) is 2.63. The fraction of sp³-hybridized carbons (Fsp3) is 0.118. The highest BCUT2D eigenvalue weighted by Gasteiger charge is 2.07. The van der Waals surface area contributed by atoms with E-state index in [9.17, 15) is 4.79 Å². The van der Waals surface area contributed by atoms with Crippen molar-refractivity contribution in [3.8, 4) is 0 Å². The molecule has 108 valence electrons. The van der Waals surface area contributed by atoms with Crippen LogP contribution in [-0.2, 0) is 11.2 Å². The van der Waals surface area contributed by atoms with Crippen molar-refractivity contribution in [2.75, 3.05) is 0 Å². The number of carbonyl (C=O) groups is 1. The van der Waals surface area contributed by atoms with Gasteiger partial charge in [-0.15, -0.1) is 0 Å². The van der Waals surface area contributed by atoms with E-state index in [0.717, 1.165) is 16.7 Å². The summed E-state index contributed by atoms with van der Waals surface area (Å²) in [5.74, 6) is -0.948. The number of hydrogen-bond acceptors (Lipinski definition) is 1. The van der Waals surface area contributed by atoms with Crippen LogP contribution >= 0.6 is 23.2 Å². The molecule has 2 rings (SSSR count). The molecule has 0 aliphatic heterocycles. The molecule has 1 N–H and O–H groups in total. The Balaban J connectivity index is 2.19. The van der Waals surface area contributed by atoms with Gasteiger partial charge in [0.15, 0.2) is 0 Å². The van der Waals surface area contributed by atoms with Crippen LogP contribution in [-0.4, -0.2) is 11.1 Å². The highest BCUT2D eigenvalue weighted by Crippen LogP contribution is 2.26. The van der Waals surface area contributed by atoms with E-state index in [4.69, 9.17) is 28.3 Å². The summed E-state index contributed by atoms with van der Waals surface area (Å²) in [5, 5.41) is 10.2. The minimum atomic E-state index is -0.948. The van der Waals surface area contributed by atoms with Gasteiger partial charge in [0.25, 0.3) is 0 Å². The first-order valence-corrected chi connectivity index (χ1v) is 7.24. The average Bonchev–Trinajstić information content (AvgIpc) is 2.45. The lowest BCUT2D eigenvalue weighted by Gasteiger charge is -2.09. The van der Waals surface area contributed by atoms with Gasteiger partial charge in [-0.1, -0.05) is 59.6 Å². The van der Waals surface area contributed by atoms with Crippen LogP contribution in [0.25, 0.3) is 5.57 Å². The molecule has 2 nitrogen and oxygen atoms in total. The summed E-state index contributed by atoms with van der Waals surface area (Å²) in [4.78, 5) is 11.0. The molecule has 0 unspecified atom stereocenters. The zero-order chi connectivity index (χ0) is 15.2. The third kappa shape index (κ3) is 4.62. The first-order valence-electron chi connectivity index (χ1n) is 6.49. The van der Waals surface area contributed by atoms with Crippen LogP contribution < -0.4 is 0 Å². The van der Waals surface area contributed by atoms with E-state index >= 15 is 0 Å². The zero-order valence-electron chi connectivity index (χ0n) is 11.2. The Bertz CT molecular complexity index is 664. The van der Waals surface area contributed by atoms with Crippen LogP contribution in [0.1, 0.15) is 17.5 Å². The van der Waals surface area contributed by atoms with Crippen molar-refractivity contribution >= 4 is 34.7 Å². The normalized spacial score (nSPS) is 11.4. The van der Waals surface area contributed by atoms with E-state index in [1.807, 2.05) is 36.4 Å². The number of benzene rings is 2. The van der Waals surface area contributed by atoms with Gasteiger partial charge in [-0.2, -0.15) is 0 Å². The fourth-order valence-electron chi connectivity index (χ4n) is 2.09. The van der Waals surface area contributed by atoms with Crippen molar-refractivity contribution in [3.63, 3.8) is 0 Å². The van der Waals surface area contributed by atoms with Crippen LogP contribution in [0.4, 0.5) is 0 Å². The molecule has 0 bridgehead atoms. The highest BCUT2D eigenvalue weighted by atomic mass is 35.5. The van der Waals surface area contributed by atoms with Crippen LogP contribution in [0, 0.1) is 0 Å². The lowest BCUT2D eigenvalue weighted by atomic mass is 9.98. The summed E-state index contributed by atoms with van der Waals surface area (Å²) in [6.45, 7) is 0. The van der Waals surface area contributed by atoms with E-state index in [1.165, 1.54) is 6.08 Å². The minimum absolute atomic E-state index is 0.591. The second-order valence-corrected chi connectivity index (χ2v) is 5.45. The first kappa shape index (κ1) is 15.6. The van der Waals surface area contributed by atoms with Gasteiger partial charge in [-0.05, 0) is 41.7 Å². The van der Waals surface area contributed by atoms with Crippen molar-refractivity contribution in [1.29, 1.82) is 0 Å². The number of carboxylic acids is 1. The monoisotopic (exact) mass is 320 g/mol. The van der Waals surface area contributed by atoms with Crippen molar-refractivity contribution in [2.24, 2.45) is 0 Å². The predicted molar refractivity (Wildman–Crippen MR) is 86.8 cm³/mol. The molecule has 4 heteroatoms. The standard InChI is InChI=1S/C17H14Cl2O2/c18-15-9-8-13(16(19)11-15)6-7-14(10-17(20)21)12-4-2-1-3-5-12/h1-5,8-11H,6-7H2,(H,20,21)/b14-10-. The quantitative estimate of drug-likeness (QED) is 0.779. The van der Waals surface area contributed by atoms with E-state index in [1.54, 1.807) is 12.1 Å². The molecule has 2 aromatic carbocycles. The molecule has 0 aliphatic carbocycles. The van der Waals surface area contributed by atoms with Gasteiger partial charge in [0.05, 0.1) is 0 Å². The van der Waals surface area contributed by atoms with Gasteiger partial charge in [0, 0.05) is 16.1 Å². The van der Waals surface area contributed by atoms with Crippen LogP contribution in [0.2, 0.25) is 10.0 Å². The lowest BCUT2D eigenvalue weighted by Crippen LogP contribution is -1.95. The number of aliphatic carboxylic acids is 1. The largest absolute Gasteiger partial charge is 0.478 e. The molecule has 0 heterocycles. The third-order valence-electron chi connectivity index (χ3n) is 3.12. The first-order chi connectivity index (χ1) is 10.1. The van der Waals surface area contributed by atoms with Gasteiger partial charge in [0.1, 0.15) is 0 Å². The second kappa shape index (κ2) is 7.30. The number of carboxylic acid groups (broad SMARTS) is 1. The van der Waals surface area contributed by atoms with E-state index in [2.05, 4.69) is 0 Å². The zero-order valence-corrected chi connectivity index (χ0v) is 12.7. The summed E-state index contributed by atoms with van der Waals surface area (Å²) in [7, 11) is 0. The van der Waals surface area contributed by atoms with E-state index in [0.29, 0.717) is 22.9 Å². The number of hydrogen-bond donors (Lipinski definition) is 1. The molecule has 0 aromatic heterocycles. The Kier molecular flexibility index (Phi) is 5.43. The second-order valence-electron chi connectivity index (χ2n) is 4.61. The lowest BCUT2D eigenvalue weighted by molar-refractivity contribution is -0.131. The van der Waals surface area contributed by atoms with Crippen LogP contribution in [0.5, 0.6) is 0 Å². The molecular weight excluding hydrogens is 307 g/mol. The number of halogens is 2. The molecule has 0 amide bonds. The molecule has 0 saturated carbocycles. The maximum Gasteiger partial charge on any atom is 0.328 e. The van der Waals surface area contributed by atoms with E-state index in [-0.39, 0.29) is 0 Å². The number of rotatable bonds is 5. The summed E-state index contributed by atoms with van der Waals surface area (Å²) >= 11 is 12.0. The molecular formula is C17H14Cl2O2. The van der Waals surface area contributed by atoms with Gasteiger partial charge < -0.3 is 5.11 Å². The summed E-state index contributed by atoms with van der Waals surface area (Å²) in [6.07, 6.45) is 2.50. The molecule has 0 aliphatic rings. The van der Waals surface area contributed by atoms with Crippen LogP contribution in [0.3, 0.4) is 0 Å². The number of aryl methyl sites for hydroxylation is 1. The van der Waals surface area contributed by atoms with E-state index < -0.39 is 5.97 Å².